The molecule has 1 N–H and O–H groups in total. The van der Waals surface area contributed by atoms with E-state index in [1.165, 1.54) is 31.8 Å². The van der Waals surface area contributed by atoms with Crippen LogP contribution in [0.2, 0.25) is 0 Å². The second-order valence-electron chi connectivity index (χ2n) is 6.69. The van der Waals surface area contributed by atoms with Crippen LogP contribution in [0, 0.1) is 0 Å². The van der Waals surface area contributed by atoms with Crippen molar-refractivity contribution in [3.05, 3.63) is 36.2 Å². The van der Waals surface area contributed by atoms with Crippen molar-refractivity contribution in [1.29, 1.82) is 0 Å². The van der Waals surface area contributed by atoms with Crippen LogP contribution in [0.1, 0.15) is 36.8 Å². The predicted molar refractivity (Wildman–Crippen MR) is 97.6 cm³/mol. The van der Waals surface area contributed by atoms with Crippen LogP contribution < -0.4 is 5.32 Å². The molecule has 2 heterocycles. The SMILES string of the molecule is Cn1c(CNc2ncnc3ccc(S(C)(=O)=O)cc23)nnc1C1CCC1. The lowest BCUT2D eigenvalue weighted by Gasteiger charge is -2.24. The van der Waals surface area contributed by atoms with Crippen LogP contribution in [-0.4, -0.2) is 39.4 Å². The van der Waals surface area contributed by atoms with Gasteiger partial charge >= 0.3 is 0 Å². The summed E-state index contributed by atoms with van der Waals surface area (Å²) in [7, 11) is -1.32. The van der Waals surface area contributed by atoms with Gasteiger partial charge in [0.2, 0.25) is 0 Å². The normalized spacial score (nSPS) is 15.2. The third-order valence-corrected chi connectivity index (χ3v) is 6.03. The van der Waals surface area contributed by atoms with E-state index in [9.17, 15) is 8.42 Å². The van der Waals surface area contributed by atoms with Crippen molar-refractivity contribution < 1.29 is 8.42 Å². The lowest BCUT2D eigenvalue weighted by atomic mass is 9.85. The first-order valence-corrected chi connectivity index (χ1v) is 10.4. The minimum Gasteiger partial charge on any atom is -0.362 e. The second-order valence-corrected chi connectivity index (χ2v) is 8.70. The molecule has 1 aromatic carbocycles. The number of rotatable bonds is 5. The highest BCUT2D eigenvalue weighted by molar-refractivity contribution is 7.90. The molecule has 1 aliphatic rings. The molecule has 26 heavy (non-hydrogen) atoms. The molecule has 0 radical (unpaired) electrons. The van der Waals surface area contributed by atoms with Crippen LogP contribution in [0.25, 0.3) is 10.9 Å². The standard InChI is InChI=1S/C17H20N6O2S/c1-23-15(21-22-17(23)11-4-3-5-11)9-18-16-13-8-12(26(2,24)25)6-7-14(13)19-10-20-16/h6-8,10-11H,3-5,9H2,1-2H3,(H,18,19,20). The van der Waals surface area contributed by atoms with Gasteiger partial charge in [0, 0.05) is 24.6 Å². The van der Waals surface area contributed by atoms with E-state index in [2.05, 4.69) is 25.5 Å². The van der Waals surface area contributed by atoms with Gasteiger partial charge in [0.05, 0.1) is 17.0 Å². The molecule has 1 saturated carbocycles. The molecule has 0 aliphatic heterocycles. The van der Waals surface area contributed by atoms with Crippen LogP contribution in [0.5, 0.6) is 0 Å². The Kier molecular flexibility index (Phi) is 4.10. The van der Waals surface area contributed by atoms with E-state index in [0.29, 0.717) is 29.2 Å². The average Bonchev–Trinajstić information content (AvgIpc) is 2.91. The molecule has 8 nitrogen and oxygen atoms in total. The molecule has 0 spiro atoms. The molecular weight excluding hydrogens is 352 g/mol. The smallest absolute Gasteiger partial charge is 0.175 e. The van der Waals surface area contributed by atoms with Crippen molar-refractivity contribution in [2.45, 2.75) is 36.6 Å². The lowest BCUT2D eigenvalue weighted by molar-refractivity contribution is 0.391. The summed E-state index contributed by atoms with van der Waals surface area (Å²) in [5.74, 6) is 2.94. The van der Waals surface area contributed by atoms with Crippen molar-refractivity contribution in [2.75, 3.05) is 11.6 Å². The van der Waals surface area contributed by atoms with Gasteiger partial charge in [-0.2, -0.15) is 0 Å². The van der Waals surface area contributed by atoms with E-state index >= 15 is 0 Å². The molecule has 2 aromatic heterocycles. The van der Waals surface area contributed by atoms with Crippen LogP contribution in [-0.2, 0) is 23.4 Å². The highest BCUT2D eigenvalue weighted by Gasteiger charge is 2.25. The minimum absolute atomic E-state index is 0.244. The fourth-order valence-electron chi connectivity index (χ4n) is 3.12. The largest absolute Gasteiger partial charge is 0.362 e. The van der Waals surface area contributed by atoms with Gasteiger partial charge in [-0.05, 0) is 31.0 Å². The quantitative estimate of drug-likeness (QED) is 0.731. The predicted octanol–water partition coefficient (Wildman–Crippen LogP) is 2.04. The maximum atomic E-state index is 11.8. The first kappa shape index (κ1) is 16.9. The Bertz CT molecular complexity index is 1070. The topological polar surface area (TPSA) is 103 Å². The molecule has 136 valence electrons. The number of fused-ring (bicyclic) bond motifs is 1. The van der Waals surface area contributed by atoms with Gasteiger partial charge in [-0.3, -0.25) is 0 Å². The van der Waals surface area contributed by atoms with E-state index in [-0.39, 0.29) is 4.90 Å². The Hall–Kier alpha value is -2.55. The second kappa shape index (κ2) is 6.31. The molecule has 0 unspecified atom stereocenters. The summed E-state index contributed by atoms with van der Waals surface area (Å²) in [5.41, 5.74) is 0.683. The third-order valence-electron chi connectivity index (χ3n) is 4.92. The zero-order valence-electron chi connectivity index (χ0n) is 14.7. The molecule has 0 bridgehead atoms. The zero-order chi connectivity index (χ0) is 18.3. The number of anilines is 1. The molecule has 4 rings (SSSR count). The van der Waals surface area contributed by atoms with Gasteiger partial charge in [-0.1, -0.05) is 6.42 Å². The summed E-state index contributed by atoms with van der Waals surface area (Å²) < 4.78 is 25.7. The summed E-state index contributed by atoms with van der Waals surface area (Å²) in [4.78, 5) is 8.72. The van der Waals surface area contributed by atoms with Gasteiger partial charge in [0.15, 0.2) is 15.7 Å². The number of hydrogen-bond acceptors (Lipinski definition) is 7. The van der Waals surface area contributed by atoms with Crippen molar-refractivity contribution in [2.24, 2.45) is 7.05 Å². The van der Waals surface area contributed by atoms with E-state index in [4.69, 9.17) is 0 Å². The summed E-state index contributed by atoms with van der Waals surface area (Å²) in [6, 6.07) is 4.85. The molecular formula is C17H20N6O2S. The monoisotopic (exact) mass is 372 g/mol. The molecule has 1 fully saturated rings. The Labute approximate surface area is 151 Å². The van der Waals surface area contributed by atoms with E-state index in [0.717, 1.165) is 11.6 Å². The summed E-state index contributed by atoms with van der Waals surface area (Å²) >= 11 is 0. The van der Waals surface area contributed by atoms with Gasteiger partial charge in [0.1, 0.15) is 18.0 Å². The van der Waals surface area contributed by atoms with Crippen LogP contribution >= 0.6 is 0 Å². The summed E-state index contributed by atoms with van der Waals surface area (Å²) in [6.45, 7) is 0.450. The van der Waals surface area contributed by atoms with E-state index in [1.807, 2.05) is 11.6 Å². The van der Waals surface area contributed by atoms with Crippen molar-refractivity contribution in [1.82, 2.24) is 24.7 Å². The van der Waals surface area contributed by atoms with Gasteiger partial charge in [-0.15, -0.1) is 10.2 Å². The number of aromatic nitrogens is 5. The number of hydrogen-bond donors (Lipinski definition) is 1. The van der Waals surface area contributed by atoms with Crippen molar-refractivity contribution >= 4 is 26.6 Å². The molecule has 0 atom stereocenters. The Morgan fingerprint density at radius 2 is 2.04 bits per heavy atom. The summed E-state index contributed by atoms with van der Waals surface area (Å²) in [5, 5.41) is 12.5. The Morgan fingerprint density at radius 1 is 1.23 bits per heavy atom. The molecule has 1 aliphatic carbocycles. The van der Waals surface area contributed by atoms with Gasteiger partial charge < -0.3 is 9.88 Å². The molecule has 3 aromatic rings. The molecule has 0 saturated heterocycles. The molecule has 0 amide bonds. The van der Waals surface area contributed by atoms with Crippen molar-refractivity contribution in [3.63, 3.8) is 0 Å². The maximum Gasteiger partial charge on any atom is 0.175 e. The number of benzene rings is 1. The van der Waals surface area contributed by atoms with E-state index < -0.39 is 9.84 Å². The fourth-order valence-corrected chi connectivity index (χ4v) is 3.77. The summed E-state index contributed by atoms with van der Waals surface area (Å²) in [6.07, 6.45) is 6.24. The van der Waals surface area contributed by atoms with Crippen LogP contribution in [0.3, 0.4) is 0 Å². The Morgan fingerprint density at radius 3 is 2.73 bits per heavy atom. The average molecular weight is 372 g/mol. The van der Waals surface area contributed by atoms with Crippen LogP contribution in [0.4, 0.5) is 5.82 Å². The number of nitrogens with one attached hydrogen (secondary N) is 1. The highest BCUT2D eigenvalue weighted by atomic mass is 32.2. The van der Waals surface area contributed by atoms with Crippen molar-refractivity contribution in [3.8, 4) is 0 Å². The maximum absolute atomic E-state index is 11.8. The minimum atomic E-state index is -3.30. The highest BCUT2D eigenvalue weighted by Crippen LogP contribution is 2.35. The Balaban J connectivity index is 1.62. The molecule has 9 heteroatoms. The van der Waals surface area contributed by atoms with Gasteiger partial charge in [0.25, 0.3) is 0 Å². The zero-order valence-corrected chi connectivity index (χ0v) is 15.5. The van der Waals surface area contributed by atoms with Crippen LogP contribution in [0.15, 0.2) is 29.4 Å². The first-order valence-electron chi connectivity index (χ1n) is 8.50. The first-order chi connectivity index (χ1) is 12.4. The lowest BCUT2D eigenvalue weighted by Crippen LogP contribution is -2.15. The number of sulfone groups is 1. The fraction of sp³-hybridized carbons (Fsp3) is 0.412. The number of nitrogens with zero attached hydrogens (tertiary/aromatic N) is 5. The third kappa shape index (κ3) is 3.03. The van der Waals surface area contributed by atoms with Gasteiger partial charge in [-0.25, -0.2) is 18.4 Å². The van der Waals surface area contributed by atoms with E-state index in [1.54, 1.807) is 18.2 Å².